The van der Waals surface area contributed by atoms with Gasteiger partial charge in [0, 0.05) is 10.5 Å². The smallest absolute Gasteiger partial charge is 0.231 e. The van der Waals surface area contributed by atoms with E-state index >= 15 is 0 Å². The average molecular weight is 849 g/mol. The largest absolute Gasteiger partial charge is 0.296 e. The molecule has 6 nitrogen and oxygen atoms in total. The van der Waals surface area contributed by atoms with Crippen LogP contribution < -0.4 is 10.6 Å². The van der Waals surface area contributed by atoms with E-state index in [1.165, 1.54) is 33.4 Å². The lowest BCUT2D eigenvalue weighted by Gasteiger charge is -2.71. The van der Waals surface area contributed by atoms with Crippen LogP contribution in [0.15, 0.2) is 36.4 Å². The third kappa shape index (κ3) is 6.00. The molecular formula is C52H68N2O4S2. The molecule has 3 heterocycles. The fourth-order valence-corrected chi connectivity index (χ4v) is 19.5. The van der Waals surface area contributed by atoms with Crippen LogP contribution >= 0.6 is 21.6 Å². The number of carbonyl (C=O) groups excluding carboxylic acids is 4. The Morgan fingerprint density at radius 2 is 1.02 bits per heavy atom. The quantitative estimate of drug-likeness (QED) is 0.231. The van der Waals surface area contributed by atoms with Gasteiger partial charge in [-0.3, -0.25) is 29.8 Å². The zero-order valence-electron chi connectivity index (χ0n) is 38.0. The van der Waals surface area contributed by atoms with Gasteiger partial charge in [-0.05, 0) is 140 Å². The van der Waals surface area contributed by atoms with Crippen molar-refractivity contribution in [3.8, 4) is 0 Å². The van der Waals surface area contributed by atoms with Crippen molar-refractivity contribution in [2.24, 2.45) is 71.0 Å². The second-order valence-electron chi connectivity index (χ2n) is 24.7. The number of rotatable bonds is 2. The van der Waals surface area contributed by atoms with E-state index in [-0.39, 0.29) is 122 Å². The summed E-state index contributed by atoms with van der Waals surface area (Å²) in [5, 5.41) is 6.30. The zero-order chi connectivity index (χ0) is 42.9. The molecule has 8 fully saturated rings. The standard InChI is InChI=1S/C52H68N2O4S2/c1-49(2,3)23-13-16-32(51(7,8)9)26(19-23)27-21-30-39-38(36(27)28-20-24(50(4,5)6)14-17-33(28)52(10,11)12)29-22-31-37(46(56)53-45(31)55)25-15-18-34-41(35(25)29)42(39)44(60-59-34)43-40(30)47(57)54-48(43)58/h13-14,16-17,19-20,25,27,29-31,34-44H,15,18,21-22H2,1-12H3,(H,53,55,56)(H,54,57,58). The van der Waals surface area contributed by atoms with Crippen molar-refractivity contribution in [3.05, 3.63) is 69.8 Å². The molecule has 0 radical (unpaired) electrons. The zero-order valence-corrected chi connectivity index (χ0v) is 39.6. The Labute approximate surface area is 366 Å². The molecule has 8 aliphatic rings. The van der Waals surface area contributed by atoms with Crippen molar-refractivity contribution >= 4 is 45.2 Å². The van der Waals surface area contributed by atoms with Crippen molar-refractivity contribution in [1.29, 1.82) is 0 Å². The lowest BCUT2D eigenvalue weighted by Crippen LogP contribution is -2.68. The summed E-state index contributed by atoms with van der Waals surface area (Å²) in [7, 11) is 3.92. The molecule has 60 heavy (non-hydrogen) atoms. The van der Waals surface area contributed by atoms with E-state index < -0.39 is 0 Å². The van der Waals surface area contributed by atoms with E-state index in [2.05, 4.69) is 130 Å². The van der Waals surface area contributed by atoms with E-state index in [9.17, 15) is 19.2 Å². The second-order valence-corrected chi connectivity index (χ2v) is 27.4. The van der Waals surface area contributed by atoms with Crippen LogP contribution in [0.4, 0.5) is 0 Å². The first kappa shape index (κ1) is 41.4. The van der Waals surface area contributed by atoms with E-state index in [0.717, 1.165) is 25.7 Å². The summed E-state index contributed by atoms with van der Waals surface area (Å²) in [5.41, 5.74) is 7.87. The summed E-state index contributed by atoms with van der Waals surface area (Å²) in [6.07, 6.45) is 3.62. The van der Waals surface area contributed by atoms with Crippen LogP contribution in [0.5, 0.6) is 0 Å². The van der Waals surface area contributed by atoms with E-state index in [4.69, 9.17) is 0 Å². The van der Waals surface area contributed by atoms with Crippen LogP contribution in [0.25, 0.3) is 0 Å². The number of benzene rings is 2. The third-order valence-electron chi connectivity index (χ3n) is 17.6. The normalized spacial score (nSPS) is 40.7. The highest BCUT2D eigenvalue weighted by Gasteiger charge is 2.74. The lowest BCUT2D eigenvalue weighted by molar-refractivity contribution is -0.184. The Hall–Kier alpha value is -2.58. The fourth-order valence-electron chi connectivity index (χ4n) is 15.4. The molecule has 2 N–H and O–H groups in total. The summed E-state index contributed by atoms with van der Waals surface area (Å²) in [6.45, 7) is 28.1. The number of carbonyl (C=O) groups is 4. The van der Waals surface area contributed by atoms with Crippen molar-refractivity contribution in [2.45, 2.75) is 153 Å². The maximum Gasteiger partial charge on any atom is 0.231 e. The molecule has 2 aromatic rings. The van der Waals surface area contributed by atoms with Gasteiger partial charge >= 0.3 is 0 Å². The molecule has 5 saturated carbocycles. The number of hydrogen-bond acceptors (Lipinski definition) is 6. The van der Waals surface area contributed by atoms with Crippen LogP contribution in [0, 0.1) is 71.0 Å². The highest BCUT2D eigenvalue weighted by atomic mass is 33.1. The minimum Gasteiger partial charge on any atom is -0.296 e. The molecule has 16 unspecified atom stereocenters. The van der Waals surface area contributed by atoms with E-state index in [0.29, 0.717) is 17.1 Å². The third-order valence-corrected chi connectivity index (χ3v) is 21.1. The molecule has 2 aromatic carbocycles. The molecule has 3 saturated heterocycles. The Bertz CT molecular complexity index is 2180. The van der Waals surface area contributed by atoms with Gasteiger partial charge in [-0.2, -0.15) is 0 Å². The van der Waals surface area contributed by atoms with Gasteiger partial charge in [0.05, 0.1) is 23.7 Å². The van der Waals surface area contributed by atoms with Gasteiger partial charge in [-0.15, -0.1) is 0 Å². The molecule has 0 aromatic heterocycles. The van der Waals surface area contributed by atoms with E-state index in [1.807, 2.05) is 21.6 Å². The average Bonchev–Trinajstić information content (AvgIpc) is 3.63. The maximum absolute atomic E-state index is 14.5. The summed E-state index contributed by atoms with van der Waals surface area (Å²) in [4.78, 5) is 56.7. The SMILES string of the molecule is CC(C)(C)c1ccc(C(C)(C)C)c(C2CC3C4C(=O)NC(=O)C4C4SSC5CCC6C7C(=O)NC(=O)C7CC7C6C5C4C3C7C2c2cc(C(C)(C)C)ccc2C(C)(C)C)c1. The molecule has 0 spiro atoms. The van der Waals surface area contributed by atoms with Gasteiger partial charge in [-0.25, -0.2) is 0 Å². The first-order valence-electron chi connectivity index (χ1n) is 23.3. The molecule has 0 bridgehead atoms. The second kappa shape index (κ2) is 13.5. The van der Waals surface area contributed by atoms with Gasteiger partial charge in [0.15, 0.2) is 0 Å². The maximum atomic E-state index is 14.5. The van der Waals surface area contributed by atoms with Gasteiger partial charge < -0.3 is 0 Å². The Balaban J connectivity index is 1.30. The molecule has 10 rings (SSSR count). The Morgan fingerprint density at radius 3 is 1.63 bits per heavy atom. The predicted molar refractivity (Wildman–Crippen MR) is 243 cm³/mol. The number of hydrogen-bond donors (Lipinski definition) is 2. The predicted octanol–water partition coefficient (Wildman–Crippen LogP) is 10.2. The Kier molecular flexibility index (Phi) is 9.30. The summed E-state index contributed by atoms with van der Waals surface area (Å²) >= 11 is 0. The van der Waals surface area contributed by atoms with Crippen molar-refractivity contribution < 1.29 is 19.2 Å². The van der Waals surface area contributed by atoms with Crippen molar-refractivity contribution in [2.75, 3.05) is 0 Å². The van der Waals surface area contributed by atoms with Gasteiger partial charge in [0.1, 0.15) is 0 Å². The van der Waals surface area contributed by atoms with Crippen LogP contribution in [0.1, 0.15) is 154 Å². The summed E-state index contributed by atoms with van der Waals surface area (Å²) in [6, 6.07) is 14.7. The first-order chi connectivity index (χ1) is 28.0. The van der Waals surface area contributed by atoms with Crippen LogP contribution in [-0.4, -0.2) is 34.1 Å². The fraction of sp³-hybridized carbons (Fsp3) is 0.692. The molecule has 16 atom stereocenters. The number of nitrogens with one attached hydrogen (secondary N) is 2. The van der Waals surface area contributed by atoms with Gasteiger partial charge in [-0.1, -0.05) is 141 Å². The highest BCUT2D eigenvalue weighted by molar-refractivity contribution is 8.77. The van der Waals surface area contributed by atoms with Crippen molar-refractivity contribution in [3.63, 3.8) is 0 Å². The highest BCUT2D eigenvalue weighted by Crippen LogP contribution is 2.76. The Morgan fingerprint density at radius 1 is 0.467 bits per heavy atom. The topological polar surface area (TPSA) is 92.3 Å². The van der Waals surface area contributed by atoms with Gasteiger partial charge in [0.2, 0.25) is 23.6 Å². The number of imide groups is 2. The summed E-state index contributed by atoms with van der Waals surface area (Å²) in [5.74, 6) is 0.527. The van der Waals surface area contributed by atoms with Crippen LogP contribution in [-0.2, 0) is 40.8 Å². The van der Waals surface area contributed by atoms with Crippen LogP contribution in [0.2, 0.25) is 0 Å². The van der Waals surface area contributed by atoms with Crippen molar-refractivity contribution in [1.82, 2.24) is 10.6 Å². The molecule has 5 aliphatic carbocycles. The molecule has 322 valence electrons. The van der Waals surface area contributed by atoms with Gasteiger partial charge in [0.25, 0.3) is 0 Å². The first-order valence-corrected chi connectivity index (χ1v) is 25.6. The molecule has 4 amide bonds. The minimum atomic E-state index is -0.352. The van der Waals surface area contributed by atoms with Crippen LogP contribution in [0.3, 0.4) is 0 Å². The molecular weight excluding hydrogens is 781 g/mol. The molecule has 8 heteroatoms. The number of amides is 4. The number of fused-ring (bicyclic) bond motifs is 6. The monoisotopic (exact) mass is 848 g/mol. The minimum absolute atomic E-state index is 0.0476. The molecule has 3 aliphatic heterocycles. The van der Waals surface area contributed by atoms with E-state index in [1.54, 1.807) is 0 Å². The lowest BCUT2D eigenvalue weighted by atomic mass is 9.36. The summed E-state index contributed by atoms with van der Waals surface area (Å²) < 4.78 is 0.